The van der Waals surface area contributed by atoms with Crippen LogP contribution in [0.1, 0.15) is 36.0 Å². The summed E-state index contributed by atoms with van der Waals surface area (Å²) in [6.45, 7) is 0. The summed E-state index contributed by atoms with van der Waals surface area (Å²) in [5.74, 6) is -0.482. The van der Waals surface area contributed by atoms with Gasteiger partial charge in [-0.1, -0.05) is 12.1 Å². The maximum Gasteiger partial charge on any atom is 0.421 e. The van der Waals surface area contributed by atoms with Gasteiger partial charge in [0.1, 0.15) is 17.2 Å². The second kappa shape index (κ2) is 8.79. The van der Waals surface area contributed by atoms with Crippen LogP contribution in [0.2, 0.25) is 0 Å². The first-order valence-corrected chi connectivity index (χ1v) is 11.0. The van der Waals surface area contributed by atoms with Gasteiger partial charge in [0, 0.05) is 6.20 Å². The molecular weight excluding hydrogens is 466 g/mol. The van der Waals surface area contributed by atoms with E-state index in [2.05, 4.69) is 30.6 Å². The van der Waals surface area contributed by atoms with Crippen molar-refractivity contribution in [2.75, 3.05) is 12.4 Å². The Bertz CT molecular complexity index is 1280. The quantitative estimate of drug-likeness (QED) is 0.585. The van der Waals surface area contributed by atoms with E-state index in [0.717, 1.165) is 49.3 Å². The molecule has 0 spiro atoms. The lowest BCUT2D eigenvalue weighted by molar-refractivity contribution is -0.139. The maximum atomic E-state index is 14.8. The van der Waals surface area contributed by atoms with E-state index in [1.165, 1.54) is 12.1 Å². The smallest absolute Gasteiger partial charge is 0.421 e. The van der Waals surface area contributed by atoms with Gasteiger partial charge >= 0.3 is 6.18 Å². The van der Waals surface area contributed by atoms with Gasteiger partial charge in [0.15, 0.2) is 0 Å². The molecule has 3 aliphatic rings. The van der Waals surface area contributed by atoms with E-state index in [1.54, 1.807) is 12.3 Å². The molecule has 5 rings (SSSR count). The van der Waals surface area contributed by atoms with Gasteiger partial charge in [0.25, 0.3) is 0 Å². The van der Waals surface area contributed by atoms with Crippen molar-refractivity contribution in [1.29, 1.82) is 0 Å². The van der Waals surface area contributed by atoms with Crippen molar-refractivity contribution >= 4 is 28.7 Å². The van der Waals surface area contributed by atoms with Gasteiger partial charge in [-0.25, -0.2) is 14.4 Å². The minimum Gasteiger partial charge on any atom is -0.481 e. The molecule has 1 aliphatic carbocycles. The fourth-order valence-electron chi connectivity index (χ4n) is 4.26. The number of hydrogen-bond acceptors (Lipinski definition) is 6. The number of hydrogen-bond donors (Lipinski definition) is 2. The number of nitrogens with zero attached hydrogens (tertiary/aromatic N) is 3. The number of nitrogens with one attached hydrogen (secondary N) is 2. The van der Waals surface area contributed by atoms with E-state index >= 15 is 0 Å². The third-order valence-corrected chi connectivity index (χ3v) is 6.17. The molecule has 1 saturated carbocycles. The third-order valence-electron chi connectivity index (χ3n) is 6.17. The molecule has 1 unspecified atom stereocenters. The summed E-state index contributed by atoms with van der Waals surface area (Å²) in [6, 6.07) is 5.29. The number of fused-ring (bicyclic) bond motifs is 1. The first-order chi connectivity index (χ1) is 16.7. The molecule has 0 radical (unpaired) electrons. The van der Waals surface area contributed by atoms with Crippen LogP contribution in [-0.2, 0) is 17.4 Å². The normalized spacial score (nSPS) is 19.2. The molecule has 0 saturated heterocycles. The van der Waals surface area contributed by atoms with Gasteiger partial charge in [0.05, 0.1) is 37.0 Å². The number of amidine groups is 1. The molecule has 2 N–H and O–H groups in total. The summed E-state index contributed by atoms with van der Waals surface area (Å²) < 4.78 is 59.0. The van der Waals surface area contributed by atoms with Gasteiger partial charge in [0.2, 0.25) is 11.8 Å². The van der Waals surface area contributed by atoms with E-state index in [1.807, 2.05) is 0 Å². The maximum absolute atomic E-state index is 14.8. The van der Waals surface area contributed by atoms with Gasteiger partial charge in [-0.2, -0.15) is 18.3 Å². The van der Waals surface area contributed by atoms with Crippen molar-refractivity contribution in [3.8, 4) is 5.88 Å². The Labute approximate surface area is 198 Å². The lowest BCUT2D eigenvalue weighted by Crippen LogP contribution is -2.26. The summed E-state index contributed by atoms with van der Waals surface area (Å²) in [6.07, 6.45) is 0.586. The lowest BCUT2D eigenvalue weighted by atomic mass is 9.87. The largest absolute Gasteiger partial charge is 0.481 e. The number of halogens is 4. The molecule has 2 aliphatic heterocycles. The van der Waals surface area contributed by atoms with Gasteiger partial charge in [-0.15, -0.1) is 0 Å². The molecule has 1 fully saturated rings. The first-order valence-electron chi connectivity index (χ1n) is 11.0. The Balaban J connectivity index is 1.27. The van der Waals surface area contributed by atoms with E-state index in [4.69, 9.17) is 0 Å². The molecule has 0 bridgehead atoms. The fourth-order valence-corrected chi connectivity index (χ4v) is 4.26. The van der Waals surface area contributed by atoms with Crippen LogP contribution in [-0.4, -0.2) is 29.5 Å². The average molecular weight is 487 g/mol. The number of methoxy groups -OCH3 is 1. The number of anilines is 1. The summed E-state index contributed by atoms with van der Waals surface area (Å²) >= 11 is 0. The summed E-state index contributed by atoms with van der Waals surface area (Å²) in [5.41, 5.74) is 4.45. The Morgan fingerprint density at radius 2 is 2.06 bits per heavy atom. The van der Waals surface area contributed by atoms with Crippen molar-refractivity contribution in [3.63, 3.8) is 0 Å². The van der Waals surface area contributed by atoms with Crippen molar-refractivity contribution < 1.29 is 27.1 Å². The van der Waals surface area contributed by atoms with Gasteiger partial charge in [-0.05, 0) is 54.0 Å². The number of pyridine rings is 1. The minimum absolute atomic E-state index is 0.0794. The number of ether oxygens (including phenoxy) is 1. The predicted molar refractivity (Wildman–Crippen MR) is 121 cm³/mol. The number of allylic oxidation sites excluding steroid dienone is 1. The zero-order chi connectivity index (χ0) is 24.7. The summed E-state index contributed by atoms with van der Waals surface area (Å²) in [4.78, 5) is 20.4. The number of aliphatic imine (C=N–C) groups is 1. The van der Waals surface area contributed by atoms with Crippen molar-refractivity contribution in [3.05, 3.63) is 59.2 Å². The number of aromatic nitrogens is 1. The molecule has 1 amide bonds. The molecule has 7 nitrogen and oxygen atoms in total. The topological polar surface area (TPSA) is 88.0 Å². The highest BCUT2D eigenvalue weighted by atomic mass is 19.4. The molecular formula is C24H21F4N5O2. The van der Waals surface area contributed by atoms with E-state index in [9.17, 15) is 22.4 Å². The van der Waals surface area contributed by atoms with Crippen LogP contribution >= 0.6 is 0 Å². The molecule has 182 valence electrons. The van der Waals surface area contributed by atoms with Crippen LogP contribution in [0.4, 0.5) is 23.2 Å². The molecule has 2 aromatic rings. The molecule has 35 heavy (non-hydrogen) atoms. The van der Waals surface area contributed by atoms with Gasteiger partial charge in [-0.3, -0.25) is 10.2 Å². The van der Waals surface area contributed by atoms with Crippen LogP contribution in [0.15, 0.2) is 46.8 Å². The Morgan fingerprint density at radius 1 is 1.26 bits per heavy atom. The number of carbonyl (C=O) groups is 1. The van der Waals surface area contributed by atoms with Crippen LogP contribution < -0.4 is 15.5 Å². The number of benzene rings is 1. The van der Waals surface area contributed by atoms with Crippen LogP contribution in [0.3, 0.4) is 0 Å². The molecule has 3 heterocycles. The molecule has 1 aromatic heterocycles. The van der Waals surface area contributed by atoms with E-state index in [-0.39, 0.29) is 23.6 Å². The predicted octanol–water partition coefficient (Wildman–Crippen LogP) is 4.56. The Kier molecular flexibility index (Phi) is 5.78. The Morgan fingerprint density at radius 3 is 2.74 bits per heavy atom. The molecule has 1 aromatic carbocycles. The first kappa shape index (κ1) is 23.0. The number of hydrazone groups is 1. The second-order valence-corrected chi connectivity index (χ2v) is 8.66. The van der Waals surface area contributed by atoms with E-state index in [0.29, 0.717) is 17.9 Å². The highest BCUT2D eigenvalue weighted by Gasteiger charge is 2.40. The van der Waals surface area contributed by atoms with E-state index < -0.39 is 29.3 Å². The molecule has 11 heteroatoms. The standard InChI is InChI=1S/C24H21F4N5O2/c1-35-23-18(24(26,27)28)9-16(11-30-23)31-20(34)8-14-5-4-13(7-19(14)25)15-6-17-21(12-2-3-12)32-33-22(17)29-10-15/h4-5,7,9-12,17H,2-3,6,8H2,1H3,(H,29,33)(H,31,34). The van der Waals surface area contributed by atoms with Crippen molar-refractivity contribution in [2.45, 2.75) is 31.9 Å². The zero-order valence-electron chi connectivity index (χ0n) is 18.6. The minimum atomic E-state index is -4.71. The van der Waals surface area contributed by atoms with Crippen LogP contribution in [0, 0.1) is 17.7 Å². The van der Waals surface area contributed by atoms with Crippen molar-refractivity contribution in [1.82, 2.24) is 10.4 Å². The highest BCUT2D eigenvalue weighted by Crippen LogP contribution is 2.40. The third kappa shape index (κ3) is 4.75. The van der Waals surface area contributed by atoms with Gasteiger partial charge < -0.3 is 10.1 Å². The summed E-state index contributed by atoms with van der Waals surface area (Å²) in [7, 11) is 1.07. The fraction of sp³-hybridized carbons (Fsp3) is 0.333. The number of rotatable bonds is 6. The number of carbonyl (C=O) groups excluding carboxylic acids is 1. The highest BCUT2D eigenvalue weighted by molar-refractivity contribution is 6.13. The lowest BCUT2D eigenvalue weighted by Gasteiger charge is -2.19. The molecule has 1 atom stereocenters. The monoisotopic (exact) mass is 487 g/mol. The van der Waals surface area contributed by atoms with Crippen LogP contribution in [0.5, 0.6) is 5.88 Å². The summed E-state index contributed by atoms with van der Waals surface area (Å²) in [5, 5.41) is 6.74. The zero-order valence-corrected chi connectivity index (χ0v) is 18.6. The number of alkyl halides is 3. The average Bonchev–Trinajstić information content (AvgIpc) is 3.58. The number of amides is 1. The van der Waals surface area contributed by atoms with Crippen LogP contribution in [0.25, 0.3) is 5.57 Å². The second-order valence-electron chi connectivity index (χ2n) is 8.66. The van der Waals surface area contributed by atoms with Crippen molar-refractivity contribution in [2.24, 2.45) is 21.9 Å². The Hall–Kier alpha value is -3.76. The SMILES string of the molecule is COc1ncc(NC(=O)Cc2ccc(C3=CN=C4NN=C(C5CC5)C4C3)cc2F)cc1C(F)(F)F.